The van der Waals surface area contributed by atoms with Gasteiger partial charge in [0.2, 0.25) is 5.91 Å². The molecule has 1 rings (SSSR count). The van der Waals surface area contributed by atoms with Crippen LogP contribution in [0.4, 0.5) is 4.39 Å². The number of hydrogen-bond donors (Lipinski definition) is 2. The minimum absolute atomic E-state index is 0.0704. The van der Waals surface area contributed by atoms with Crippen LogP contribution < -0.4 is 5.73 Å². The first kappa shape index (κ1) is 20.9. The molecule has 0 bridgehead atoms. The number of aryl methyl sites for hydroxylation is 1. The third-order valence-electron chi connectivity index (χ3n) is 4.40. The lowest BCUT2D eigenvalue weighted by Gasteiger charge is -2.21. The van der Waals surface area contributed by atoms with Crippen molar-refractivity contribution in [1.29, 1.82) is 0 Å². The van der Waals surface area contributed by atoms with E-state index >= 15 is 0 Å². The molecule has 1 aromatic carbocycles. The van der Waals surface area contributed by atoms with Gasteiger partial charge in [0.05, 0.1) is 6.42 Å². The van der Waals surface area contributed by atoms with Gasteiger partial charge < -0.3 is 15.8 Å². The van der Waals surface area contributed by atoms with Crippen LogP contribution in [0.5, 0.6) is 0 Å². The van der Waals surface area contributed by atoms with Crippen molar-refractivity contribution < 1.29 is 14.4 Å². The third kappa shape index (κ3) is 7.11. The topological polar surface area (TPSA) is 78.9 Å². The number of amides is 1. The summed E-state index contributed by atoms with van der Waals surface area (Å²) >= 11 is 0. The van der Waals surface area contributed by atoms with Crippen molar-refractivity contribution in [3.63, 3.8) is 0 Å². The minimum Gasteiger partial charge on any atom is -0.409 e. The molecule has 0 aliphatic rings. The van der Waals surface area contributed by atoms with Crippen LogP contribution in [0.25, 0.3) is 0 Å². The second-order valence-electron chi connectivity index (χ2n) is 6.60. The number of unbranched alkanes of at least 4 members (excludes halogenated alkanes) is 3. The number of carbonyl (C=O) groups excluding carboxylic acids is 1. The van der Waals surface area contributed by atoms with Crippen LogP contribution in [-0.4, -0.2) is 35.4 Å². The zero-order valence-corrected chi connectivity index (χ0v) is 15.5. The van der Waals surface area contributed by atoms with E-state index in [0.29, 0.717) is 6.54 Å². The van der Waals surface area contributed by atoms with Gasteiger partial charge in [0, 0.05) is 19.5 Å². The van der Waals surface area contributed by atoms with Gasteiger partial charge in [-0.1, -0.05) is 44.3 Å². The summed E-state index contributed by atoms with van der Waals surface area (Å²) in [4.78, 5) is 14.0. The average molecular weight is 351 g/mol. The molecule has 0 aromatic heterocycles. The van der Waals surface area contributed by atoms with Gasteiger partial charge in [-0.05, 0) is 36.1 Å². The van der Waals surface area contributed by atoms with E-state index in [1.807, 2.05) is 0 Å². The van der Waals surface area contributed by atoms with E-state index < -0.39 is 0 Å². The van der Waals surface area contributed by atoms with Gasteiger partial charge in [-0.2, -0.15) is 0 Å². The van der Waals surface area contributed by atoms with E-state index in [2.05, 4.69) is 12.1 Å². The number of hydrogen-bond acceptors (Lipinski definition) is 3. The first-order chi connectivity index (χ1) is 11.9. The molecule has 0 fully saturated rings. The number of oxime groups is 1. The molecule has 0 aliphatic heterocycles. The molecule has 0 saturated heterocycles. The van der Waals surface area contributed by atoms with Crippen molar-refractivity contribution in [1.82, 2.24) is 4.90 Å². The van der Waals surface area contributed by atoms with Gasteiger partial charge in [0.1, 0.15) is 11.7 Å². The summed E-state index contributed by atoms with van der Waals surface area (Å²) in [6.45, 7) is 4.30. The van der Waals surface area contributed by atoms with Crippen molar-refractivity contribution in [3.8, 4) is 0 Å². The molecule has 1 aromatic rings. The van der Waals surface area contributed by atoms with E-state index in [-0.39, 0.29) is 29.9 Å². The molecule has 0 aliphatic carbocycles. The van der Waals surface area contributed by atoms with Gasteiger partial charge in [-0.15, -0.1) is 0 Å². The molecule has 1 amide bonds. The van der Waals surface area contributed by atoms with E-state index in [1.165, 1.54) is 12.1 Å². The molecule has 0 heterocycles. The molecular formula is C19H30FN3O2. The average Bonchev–Trinajstić information content (AvgIpc) is 2.59. The van der Waals surface area contributed by atoms with Crippen LogP contribution in [0.1, 0.15) is 50.7 Å². The normalized spacial score (nSPS) is 12.9. The van der Waals surface area contributed by atoms with Crippen molar-refractivity contribution in [2.75, 3.05) is 13.6 Å². The summed E-state index contributed by atoms with van der Waals surface area (Å²) in [5, 5.41) is 11.7. The fraction of sp³-hybridized carbons (Fsp3) is 0.579. The molecule has 25 heavy (non-hydrogen) atoms. The van der Waals surface area contributed by atoms with Crippen LogP contribution in [0.15, 0.2) is 23.4 Å². The molecule has 0 saturated carbocycles. The smallest absolute Gasteiger partial charge is 0.226 e. The molecule has 6 heteroatoms. The summed E-state index contributed by atoms with van der Waals surface area (Å²) in [5.74, 6) is -0.478. The quantitative estimate of drug-likeness (QED) is 0.223. The van der Waals surface area contributed by atoms with E-state index in [9.17, 15) is 9.18 Å². The molecular weight excluding hydrogens is 321 g/mol. The maximum Gasteiger partial charge on any atom is 0.226 e. The largest absolute Gasteiger partial charge is 0.409 e. The number of rotatable bonds is 10. The van der Waals surface area contributed by atoms with Gasteiger partial charge >= 0.3 is 0 Å². The van der Waals surface area contributed by atoms with Gasteiger partial charge in [-0.25, -0.2) is 4.39 Å². The van der Waals surface area contributed by atoms with Gasteiger partial charge in [0.25, 0.3) is 0 Å². The summed E-state index contributed by atoms with van der Waals surface area (Å²) < 4.78 is 13.6. The Hall–Kier alpha value is -2.11. The molecule has 3 N–H and O–H groups in total. The standard InChI is InChI=1S/C19H30FN3O2/c1-4-5-6-7-8-15-11-17(20)10-9-16(15)12-18(24)23(3)13-14(2)19(21)22-25/h9-11,14,25H,4-8,12-13H2,1-3H3,(H2,21,22)/t14-/m0/s1. The lowest BCUT2D eigenvalue weighted by molar-refractivity contribution is -0.129. The Balaban J connectivity index is 2.72. The number of halogens is 1. The Morgan fingerprint density at radius 1 is 1.32 bits per heavy atom. The van der Waals surface area contributed by atoms with Crippen LogP contribution in [0, 0.1) is 11.7 Å². The number of nitrogens with two attached hydrogens (primary N) is 1. The van der Waals surface area contributed by atoms with Crippen LogP contribution in [-0.2, 0) is 17.6 Å². The lowest BCUT2D eigenvalue weighted by Crippen LogP contribution is -2.37. The van der Waals surface area contributed by atoms with Crippen molar-refractivity contribution in [3.05, 3.63) is 35.1 Å². The van der Waals surface area contributed by atoms with Crippen molar-refractivity contribution in [2.45, 2.75) is 52.4 Å². The highest BCUT2D eigenvalue weighted by atomic mass is 19.1. The maximum absolute atomic E-state index is 13.6. The van der Waals surface area contributed by atoms with Crippen LogP contribution in [0.3, 0.4) is 0 Å². The SMILES string of the molecule is CCCCCCc1cc(F)ccc1CC(=O)N(C)C[C@H](C)/C(N)=N/O. The minimum atomic E-state index is -0.268. The van der Waals surface area contributed by atoms with Gasteiger partial charge in [0.15, 0.2) is 0 Å². The Labute approximate surface area is 149 Å². The highest BCUT2D eigenvalue weighted by Gasteiger charge is 2.17. The van der Waals surface area contributed by atoms with Crippen molar-refractivity contribution in [2.24, 2.45) is 16.8 Å². The summed E-state index contributed by atoms with van der Waals surface area (Å²) in [6.07, 6.45) is 5.43. The second kappa shape index (κ2) is 10.7. The predicted molar refractivity (Wildman–Crippen MR) is 98.2 cm³/mol. The lowest BCUT2D eigenvalue weighted by atomic mass is 9.98. The molecule has 1 atom stereocenters. The monoisotopic (exact) mass is 351 g/mol. The van der Waals surface area contributed by atoms with Gasteiger partial charge in [-0.3, -0.25) is 4.79 Å². The van der Waals surface area contributed by atoms with Crippen LogP contribution >= 0.6 is 0 Å². The Morgan fingerprint density at radius 2 is 2.04 bits per heavy atom. The molecule has 5 nitrogen and oxygen atoms in total. The molecule has 140 valence electrons. The Kier molecular flexibility index (Phi) is 8.95. The summed E-state index contributed by atoms with van der Waals surface area (Å²) in [7, 11) is 1.69. The third-order valence-corrected chi connectivity index (χ3v) is 4.40. The first-order valence-corrected chi connectivity index (χ1v) is 8.87. The van der Waals surface area contributed by atoms with E-state index in [0.717, 1.165) is 43.2 Å². The molecule has 0 radical (unpaired) electrons. The zero-order chi connectivity index (χ0) is 18.8. The summed E-state index contributed by atoms with van der Waals surface area (Å²) in [6, 6.07) is 4.63. The number of benzene rings is 1. The zero-order valence-electron chi connectivity index (χ0n) is 15.5. The highest BCUT2D eigenvalue weighted by Crippen LogP contribution is 2.17. The highest BCUT2D eigenvalue weighted by molar-refractivity contribution is 5.83. The van der Waals surface area contributed by atoms with E-state index in [4.69, 9.17) is 10.9 Å². The van der Waals surface area contributed by atoms with Crippen LogP contribution in [0.2, 0.25) is 0 Å². The second-order valence-corrected chi connectivity index (χ2v) is 6.60. The fourth-order valence-corrected chi connectivity index (χ4v) is 2.74. The number of likely N-dealkylation sites (N-methyl/N-ethyl adjacent to an activating group) is 1. The Bertz CT molecular complexity index is 590. The number of nitrogens with zero attached hydrogens (tertiary/aromatic N) is 2. The molecule has 0 unspecified atom stereocenters. The predicted octanol–water partition coefficient (Wildman–Crippen LogP) is 3.33. The molecule has 0 spiro atoms. The number of carbonyl (C=O) groups is 1. The summed E-state index contributed by atoms with van der Waals surface area (Å²) in [5.41, 5.74) is 7.33. The fourth-order valence-electron chi connectivity index (χ4n) is 2.74. The van der Waals surface area contributed by atoms with E-state index in [1.54, 1.807) is 24.9 Å². The number of amidine groups is 1. The van der Waals surface area contributed by atoms with Crippen molar-refractivity contribution >= 4 is 11.7 Å². The first-order valence-electron chi connectivity index (χ1n) is 8.87. The maximum atomic E-state index is 13.6. The Morgan fingerprint density at radius 3 is 2.68 bits per heavy atom.